The lowest BCUT2D eigenvalue weighted by Crippen LogP contribution is -2.30. The average Bonchev–Trinajstić information content (AvgIpc) is 3.23. The highest BCUT2D eigenvalue weighted by molar-refractivity contribution is 7.47. The first-order valence-corrected chi connectivity index (χ1v) is 42.9. The number of aliphatic hydroxyl groups is 1. The van der Waals surface area contributed by atoms with Crippen molar-refractivity contribution in [3.63, 3.8) is 0 Å². The Morgan fingerprint density at radius 1 is 0.302 bits per heavy atom. The van der Waals surface area contributed by atoms with Crippen LogP contribution in [0.1, 0.15) is 395 Å². The van der Waals surface area contributed by atoms with Crippen molar-refractivity contribution < 1.29 is 80.2 Å². The Morgan fingerprint density at radius 2 is 0.531 bits per heavy atom. The molecular formula is C77H150O17P2. The molecule has 0 saturated carbocycles. The summed E-state index contributed by atoms with van der Waals surface area (Å²) < 4.78 is 68.6. The maximum atomic E-state index is 13.1. The van der Waals surface area contributed by atoms with E-state index in [1.165, 1.54) is 199 Å². The van der Waals surface area contributed by atoms with Gasteiger partial charge in [-0.2, -0.15) is 0 Å². The number of hydrogen-bond donors (Lipinski definition) is 3. The van der Waals surface area contributed by atoms with Crippen LogP contribution in [-0.2, 0) is 65.4 Å². The predicted molar refractivity (Wildman–Crippen MR) is 391 cm³/mol. The molecule has 0 radical (unpaired) electrons. The Bertz CT molecular complexity index is 1870. The predicted octanol–water partition coefficient (Wildman–Crippen LogP) is 22.6. The molecule has 0 aromatic heterocycles. The smallest absolute Gasteiger partial charge is 0.462 e. The van der Waals surface area contributed by atoms with Crippen LogP contribution in [0.15, 0.2) is 0 Å². The standard InChI is InChI=1S/C77H150O17P2/c1-8-11-12-13-14-15-16-17-18-19-20-24-27-30-36-44-51-58-74(79)87-64-72(93-76(81)60-53-46-37-31-28-25-22-21-23-26-29-34-41-48-55-68(4)5)66-91-95(83,84)89-62-71(78)63-90-96(85,86)92-67-73(65-88-75(80)59-52-45-40-39-43-50-57-70(7)10-3)94-77(82)61-54-47-38-33-32-35-42-49-56-69(6)9-2/h68-73,78H,8-67H2,1-7H3,(H,83,84)(H,85,86)/t69?,70?,71-,72-,73-/m1/s1. The zero-order valence-electron chi connectivity index (χ0n) is 62.8. The number of phosphoric ester groups is 2. The van der Waals surface area contributed by atoms with Crippen LogP contribution in [-0.4, -0.2) is 96.7 Å². The first-order chi connectivity index (χ1) is 46.3. The minimum Gasteiger partial charge on any atom is -0.462 e. The summed E-state index contributed by atoms with van der Waals surface area (Å²) in [6, 6.07) is 0. The second kappa shape index (κ2) is 67.5. The van der Waals surface area contributed by atoms with E-state index >= 15 is 0 Å². The van der Waals surface area contributed by atoms with Crippen molar-refractivity contribution in [1.29, 1.82) is 0 Å². The summed E-state index contributed by atoms with van der Waals surface area (Å²) in [7, 11) is -9.91. The molecule has 0 bridgehead atoms. The maximum absolute atomic E-state index is 13.1. The van der Waals surface area contributed by atoms with Crippen LogP contribution < -0.4 is 0 Å². The molecule has 0 amide bonds. The summed E-state index contributed by atoms with van der Waals surface area (Å²) in [5.41, 5.74) is 0. The van der Waals surface area contributed by atoms with Crippen molar-refractivity contribution in [2.45, 2.75) is 414 Å². The molecule has 0 rings (SSSR count). The lowest BCUT2D eigenvalue weighted by Gasteiger charge is -2.21. The lowest BCUT2D eigenvalue weighted by atomic mass is 9.99. The summed E-state index contributed by atoms with van der Waals surface area (Å²) in [6.45, 7) is 11.9. The van der Waals surface area contributed by atoms with E-state index in [0.717, 1.165) is 114 Å². The molecule has 0 aromatic rings. The number of phosphoric acid groups is 2. The third kappa shape index (κ3) is 67.9. The average molecular weight is 1410 g/mol. The van der Waals surface area contributed by atoms with Gasteiger partial charge in [0.1, 0.15) is 19.3 Å². The van der Waals surface area contributed by atoms with Crippen LogP contribution in [0.2, 0.25) is 0 Å². The summed E-state index contributed by atoms with van der Waals surface area (Å²) in [5.74, 6) is 0.177. The number of hydrogen-bond acceptors (Lipinski definition) is 15. The van der Waals surface area contributed by atoms with Gasteiger partial charge in [-0.1, -0.05) is 344 Å². The zero-order valence-corrected chi connectivity index (χ0v) is 64.6. The van der Waals surface area contributed by atoms with Gasteiger partial charge in [-0.25, -0.2) is 9.13 Å². The van der Waals surface area contributed by atoms with Crippen molar-refractivity contribution in [1.82, 2.24) is 0 Å². The van der Waals surface area contributed by atoms with Gasteiger partial charge in [-0.05, 0) is 43.4 Å². The van der Waals surface area contributed by atoms with Crippen molar-refractivity contribution in [3.8, 4) is 0 Å². The quantitative estimate of drug-likeness (QED) is 0.0222. The van der Waals surface area contributed by atoms with Crippen LogP contribution in [0.5, 0.6) is 0 Å². The van der Waals surface area contributed by atoms with Crippen LogP contribution in [0.25, 0.3) is 0 Å². The molecule has 17 nitrogen and oxygen atoms in total. The van der Waals surface area contributed by atoms with Crippen molar-refractivity contribution >= 4 is 39.5 Å². The molecular weight excluding hydrogens is 1260 g/mol. The third-order valence-electron chi connectivity index (χ3n) is 18.6. The van der Waals surface area contributed by atoms with Crippen LogP contribution >= 0.6 is 15.6 Å². The zero-order chi connectivity index (χ0) is 70.9. The fourth-order valence-corrected chi connectivity index (χ4v) is 13.3. The van der Waals surface area contributed by atoms with Gasteiger partial charge in [0.2, 0.25) is 0 Å². The second-order valence-electron chi connectivity index (χ2n) is 28.7. The molecule has 3 N–H and O–H groups in total. The largest absolute Gasteiger partial charge is 0.472 e. The minimum absolute atomic E-state index is 0.104. The first-order valence-electron chi connectivity index (χ1n) is 39.9. The van der Waals surface area contributed by atoms with E-state index in [9.17, 15) is 43.2 Å². The summed E-state index contributed by atoms with van der Waals surface area (Å²) in [4.78, 5) is 72.9. The molecule has 0 aromatic carbocycles. The molecule has 0 heterocycles. The molecule has 19 heteroatoms. The molecule has 570 valence electrons. The van der Waals surface area contributed by atoms with Gasteiger partial charge in [-0.15, -0.1) is 0 Å². The van der Waals surface area contributed by atoms with Gasteiger partial charge in [0, 0.05) is 25.7 Å². The number of esters is 4. The third-order valence-corrected chi connectivity index (χ3v) is 20.5. The molecule has 0 saturated heterocycles. The van der Waals surface area contributed by atoms with Crippen molar-refractivity contribution in [2.24, 2.45) is 17.8 Å². The fourth-order valence-electron chi connectivity index (χ4n) is 11.7. The number of rotatable bonds is 75. The Kier molecular flexibility index (Phi) is 66.2. The van der Waals surface area contributed by atoms with Gasteiger partial charge >= 0.3 is 39.5 Å². The normalized spacial score (nSPS) is 14.6. The van der Waals surface area contributed by atoms with Crippen molar-refractivity contribution in [2.75, 3.05) is 39.6 Å². The molecule has 0 aliphatic rings. The monoisotopic (exact) mass is 1410 g/mol. The summed E-state index contributed by atoms with van der Waals surface area (Å²) in [5, 5.41) is 10.6. The van der Waals surface area contributed by atoms with E-state index in [2.05, 4.69) is 48.5 Å². The number of carbonyl (C=O) groups is 4. The highest BCUT2D eigenvalue weighted by Gasteiger charge is 2.30. The SMILES string of the molecule is CCCCCCCCCCCCCCCCCCCC(=O)OC[C@H](COP(=O)(O)OC[C@@H](O)COP(=O)(O)OC[C@@H](COC(=O)CCCCCCCCC(C)CC)OC(=O)CCCCCCCCCCC(C)CC)OC(=O)CCCCCCCCCCCCCCCCC(C)C. The number of unbranched alkanes of at least 4 members (excludes halogenated alkanes) is 41. The highest BCUT2D eigenvalue weighted by Crippen LogP contribution is 2.45. The van der Waals surface area contributed by atoms with Gasteiger partial charge in [0.25, 0.3) is 0 Å². The highest BCUT2D eigenvalue weighted by atomic mass is 31.2. The molecule has 7 atom stereocenters. The molecule has 0 fully saturated rings. The van der Waals surface area contributed by atoms with Gasteiger partial charge < -0.3 is 33.8 Å². The number of ether oxygens (including phenoxy) is 4. The van der Waals surface area contributed by atoms with E-state index in [1.807, 2.05) is 0 Å². The Hall–Kier alpha value is -1.94. The van der Waals surface area contributed by atoms with E-state index in [1.54, 1.807) is 0 Å². The van der Waals surface area contributed by atoms with Crippen LogP contribution in [0.3, 0.4) is 0 Å². The first kappa shape index (κ1) is 94.1. The topological polar surface area (TPSA) is 237 Å². The van der Waals surface area contributed by atoms with Gasteiger partial charge in [-0.3, -0.25) is 37.3 Å². The minimum atomic E-state index is -4.96. The molecule has 0 aliphatic heterocycles. The Balaban J connectivity index is 5.25. The van der Waals surface area contributed by atoms with Gasteiger partial charge in [0.05, 0.1) is 26.4 Å². The van der Waals surface area contributed by atoms with Gasteiger partial charge in [0.15, 0.2) is 12.2 Å². The number of aliphatic hydroxyl groups excluding tert-OH is 1. The Morgan fingerprint density at radius 3 is 0.792 bits per heavy atom. The van der Waals surface area contributed by atoms with E-state index in [-0.39, 0.29) is 25.7 Å². The molecule has 0 spiro atoms. The van der Waals surface area contributed by atoms with Crippen LogP contribution in [0, 0.1) is 17.8 Å². The second-order valence-corrected chi connectivity index (χ2v) is 31.6. The van der Waals surface area contributed by atoms with E-state index < -0.39 is 97.5 Å². The molecule has 0 aliphatic carbocycles. The summed E-state index contributed by atoms with van der Waals surface area (Å²) >= 11 is 0. The van der Waals surface area contributed by atoms with Crippen molar-refractivity contribution in [3.05, 3.63) is 0 Å². The summed E-state index contributed by atoms with van der Waals surface area (Å²) in [6.07, 6.45) is 54.1. The maximum Gasteiger partial charge on any atom is 0.472 e. The number of carbonyl (C=O) groups excluding carboxylic acids is 4. The van der Waals surface area contributed by atoms with Crippen LogP contribution in [0.4, 0.5) is 0 Å². The molecule has 96 heavy (non-hydrogen) atoms. The fraction of sp³-hybridized carbons (Fsp3) is 0.948. The van der Waals surface area contributed by atoms with E-state index in [0.29, 0.717) is 25.7 Å². The Labute approximate surface area is 588 Å². The molecule has 4 unspecified atom stereocenters. The van der Waals surface area contributed by atoms with E-state index in [4.69, 9.17) is 37.0 Å². The lowest BCUT2D eigenvalue weighted by molar-refractivity contribution is -0.161.